The first kappa shape index (κ1) is 52.3. The quantitative estimate of drug-likeness (QED) is 0.0797. The molecule has 2 aliphatic heterocycles. The molecule has 3 aliphatic rings. The van der Waals surface area contributed by atoms with Gasteiger partial charge in [-0.1, -0.05) is 84.3 Å². The molecule has 3 heterocycles. The number of anilines is 1. The van der Waals surface area contributed by atoms with Crippen molar-refractivity contribution in [2.75, 3.05) is 37.7 Å². The van der Waals surface area contributed by atoms with Gasteiger partial charge in [0.15, 0.2) is 0 Å². The number of likely N-dealkylation sites (tertiary alicyclic amines) is 1. The molecule has 374 valence electrons. The number of aryl methyl sites for hydroxylation is 1. The lowest BCUT2D eigenvalue weighted by atomic mass is 9.49. The summed E-state index contributed by atoms with van der Waals surface area (Å²) in [5.41, 5.74) is 5.33. The van der Waals surface area contributed by atoms with Crippen LogP contribution in [0.2, 0.25) is 5.02 Å². The van der Waals surface area contributed by atoms with E-state index in [0.29, 0.717) is 34.4 Å². The van der Waals surface area contributed by atoms with E-state index in [1.807, 2.05) is 88.7 Å². The third-order valence-corrected chi connectivity index (χ3v) is 15.8. The minimum Gasteiger partial charge on any atom is -0.489 e. The average molecular weight is 995 g/mol. The number of benzene rings is 3. The third-order valence-electron chi connectivity index (χ3n) is 14.5. The van der Waals surface area contributed by atoms with E-state index in [-0.39, 0.29) is 60.4 Å². The lowest BCUT2D eigenvalue weighted by molar-refractivity contribution is -0.164. The number of rotatable bonds is 16. The highest BCUT2D eigenvalue weighted by Gasteiger charge is 2.64. The van der Waals surface area contributed by atoms with Gasteiger partial charge in [-0.2, -0.15) is 5.26 Å². The van der Waals surface area contributed by atoms with Crippen LogP contribution in [0, 0.1) is 40.4 Å². The van der Waals surface area contributed by atoms with Crippen LogP contribution in [0.25, 0.3) is 10.4 Å². The fourth-order valence-corrected chi connectivity index (χ4v) is 11.8. The number of nitrogens with one attached hydrogen (secondary N) is 3. The first-order chi connectivity index (χ1) is 33.1. The van der Waals surface area contributed by atoms with Crippen LogP contribution in [-0.2, 0) is 19.1 Å². The maximum Gasteiger partial charge on any atom is 0.251 e. The van der Waals surface area contributed by atoms with Crippen molar-refractivity contribution in [2.45, 2.75) is 124 Å². The molecule has 1 aliphatic carbocycles. The highest BCUT2D eigenvalue weighted by molar-refractivity contribution is 7.13. The molecule has 70 heavy (non-hydrogen) atoms. The van der Waals surface area contributed by atoms with Crippen LogP contribution < -0.4 is 25.6 Å². The minimum atomic E-state index is -0.949. The lowest BCUT2D eigenvalue weighted by Gasteiger charge is -2.63. The molecule has 2 saturated heterocycles. The van der Waals surface area contributed by atoms with E-state index in [2.05, 4.69) is 59.6 Å². The molecule has 16 heteroatoms. The van der Waals surface area contributed by atoms with Gasteiger partial charge in [0.1, 0.15) is 36.6 Å². The molecule has 1 saturated carbocycles. The Kier molecular flexibility index (Phi) is 16.0. The molecule has 0 spiro atoms. The molecule has 3 fully saturated rings. The molecule has 1 unspecified atom stereocenters. The molecule has 7 rings (SSSR count). The van der Waals surface area contributed by atoms with Crippen LogP contribution in [0.3, 0.4) is 0 Å². The highest BCUT2D eigenvalue weighted by atomic mass is 35.5. The second-order valence-electron chi connectivity index (χ2n) is 21.5. The van der Waals surface area contributed by atoms with E-state index < -0.39 is 35.4 Å². The molecule has 1 aromatic heterocycles. The van der Waals surface area contributed by atoms with Crippen molar-refractivity contribution in [3.05, 3.63) is 99.6 Å². The van der Waals surface area contributed by atoms with Gasteiger partial charge in [-0.3, -0.25) is 19.2 Å². The normalized spacial score (nSPS) is 21.7. The Bertz CT molecular complexity index is 2550. The Hall–Kier alpha value is -5.53. The summed E-state index contributed by atoms with van der Waals surface area (Å²) in [6.45, 7) is 19.7. The summed E-state index contributed by atoms with van der Waals surface area (Å²) < 4.78 is 12.2. The zero-order chi connectivity index (χ0) is 50.7. The largest absolute Gasteiger partial charge is 0.489 e. The Morgan fingerprint density at radius 1 is 0.986 bits per heavy atom. The Balaban J connectivity index is 0.831. The number of halogens is 1. The number of ether oxygens (including phenoxy) is 2. The number of β-amino-alcohol motifs (C(OH)–C–C–N with tert-alkyl or cyclic N) is 1. The van der Waals surface area contributed by atoms with E-state index in [9.17, 15) is 29.5 Å². The van der Waals surface area contributed by atoms with Crippen molar-refractivity contribution < 1.29 is 33.8 Å². The summed E-state index contributed by atoms with van der Waals surface area (Å²) in [7, 11) is 0. The van der Waals surface area contributed by atoms with Crippen LogP contribution in [0.5, 0.6) is 5.75 Å². The van der Waals surface area contributed by atoms with Gasteiger partial charge in [-0.15, -0.1) is 11.3 Å². The first-order valence-corrected chi connectivity index (χ1v) is 25.5. The number of hydrogen-bond donors (Lipinski definition) is 4. The smallest absolute Gasteiger partial charge is 0.251 e. The monoisotopic (exact) mass is 993 g/mol. The third kappa shape index (κ3) is 11.6. The minimum absolute atomic E-state index is 0.00956. The van der Waals surface area contributed by atoms with Crippen molar-refractivity contribution in [3.8, 4) is 22.3 Å². The molecule has 3 aromatic carbocycles. The summed E-state index contributed by atoms with van der Waals surface area (Å²) >= 11 is 7.84. The zero-order valence-corrected chi connectivity index (χ0v) is 43.4. The molecule has 4 N–H and O–H groups in total. The average Bonchev–Trinajstić information content (AvgIpc) is 3.95. The lowest BCUT2D eigenvalue weighted by Crippen LogP contribution is -2.74. The van der Waals surface area contributed by atoms with Crippen molar-refractivity contribution in [1.82, 2.24) is 25.8 Å². The first-order valence-electron chi connectivity index (χ1n) is 24.3. The maximum absolute atomic E-state index is 14.1. The van der Waals surface area contributed by atoms with Gasteiger partial charge in [0.2, 0.25) is 17.7 Å². The number of aliphatic hydroxyl groups excluding tert-OH is 1. The predicted molar refractivity (Wildman–Crippen MR) is 273 cm³/mol. The van der Waals surface area contributed by atoms with E-state index >= 15 is 0 Å². The zero-order valence-electron chi connectivity index (χ0n) is 41.8. The summed E-state index contributed by atoms with van der Waals surface area (Å²) in [5, 5.41) is 29.5. The SMILES string of the molecule is Cc1ncsc1-c1ccc([C@H](C)NC(=O)[C@@H]2C[C@@H](O)CN2C(=O)C(NC(=O)COCCC2CCN(c3ccc(C(=O)NC4C(C)(C)C(Oc5ccc(C#N)c(Cl)c5)C4(C)C)cc3)CC2)C(C)(C)C)cc1. The van der Waals surface area contributed by atoms with E-state index in [4.69, 9.17) is 21.1 Å². The Labute approximate surface area is 421 Å². The number of amides is 4. The Morgan fingerprint density at radius 2 is 1.66 bits per heavy atom. The van der Waals surface area contributed by atoms with Gasteiger partial charge in [0.25, 0.3) is 5.91 Å². The van der Waals surface area contributed by atoms with Crippen LogP contribution in [0.15, 0.2) is 72.2 Å². The fourth-order valence-electron chi connectivity index (χ4n) is 10.7. The standard InChI is InChI=1S/C54H68ClN7O7S/c1-32(35-10-12-36(13-11-35)45-33(2)57-31-70-45)58-48(66)43-26-40(63)29-62(43)49(67)46(52(3,4)5)59-44(64)30-68-25-22-34-20-23-61(24-21-34)39-17-14-37(15-18-39)47(65)60-50-53(6,7)51(54(50,8)9)69-41-19-16-38(28-56)42(55)27-41/h10-19,27,31-32,34,40,43,46,50-51,63H,20-26,29-30H2,1-9H3,(H,58,66)(H,59,64)(H,60,65)/t32-,40+,43-,46?,50?,51?/m0/s1. The second-order valence-corrected chi connectivity index (χ2v) is 22.8. The predicted octanol–water partition coefficient (Wildman–Crippen LogP) is 8.25. The number of hydrogen-bond acceptors (Lipinski definition) is 11. The molecule has 0 bridgehead atoms. The number of thiazole rings is 1. The van der Waals surface area contributed by atoms with Crippen molar-refractivity contribution in [2.24, 2.45) is 22.2 Å². The van der Waals surface area contributed by atoms with Gasteiger partial charge in [-0.05, 0) is 92.0 Å². The van der Waals surface area contributed by atoms with Gasteiger partial charge < -0.3 is 40.3 Å². The molecular formula is C54H68ClN7O7S. The number of nitrogens with zero attached hydrogens (tertiary/aromatic N) is 4. The molecular weight excluding hydrogens is 926 g/mol. The number of aromatic nitrogens is 1. The topological polar surface area (TPSA) is 186 Å². The van der Waals surface area contributed by atoms with Crippen LogP contribution in [0.1, 0.15) is 114 Å². The number of nitriles is 1. The van der Waals surface area contributed by atoms with Gasteiger partial charge >= 0.3 is 0 Å². The van der Waals surface area contributed by atoms with Crippen LogP contribution >= 0.6 is 22.9 Å². The summed E-state index contributed by atoms with van der Waals surface area (Å²) in [4.78, 5) is 63.8. The van der Waals surface area contributed by atoms with Gasteiger partial charge in [-0.25, -0.2) is 4.98 Å². The van der Waals surface area contributed by atoms with Gasteiger partial charge in [0, 0.05) is 66.9 Å². The Morgan fingerprint density at radius 3 is 2.26 bits per heavy atom. The summed E-state index contributed by atoms with van der Waals surface area (Å²) in [6, 6.07) is 20.5. The van der Waals surface area contributed by atoms with E-state index in [1.165, 1.54) is 4.90 Å². The summed E-state index contributed by atoms with van der Waals surface area (Å²) in [5.74, 6) is -0.341. The van der Waals surface area contributed by atoms with Crippen LogP contribution in [-0.4, -0.2) is 102 Å². The van der Waals surface area contributed by atoms with E-state index in [1.54, 1.807) is 29.5 Å². The number of piperidine rings is 1. The highest BCUT2D eigenvalue weighted by Crippen LogP contribution is 2.55. The van der Waals surface area contributed by atoms with Crippen LogP contribution in [0.4, 0.5) is 5.69 Å². The van der Waals surface area contributed by atoms with Crippen molar-refractivity contribution in [3.63, 3.8) is 0 Å². The number of carbonyl (C=O) groups excluding carboxylic acids is 4. The maximum atomic E-state index is 14.1. The fraction of sp³-hybridized carbons (Fsp3) is 0.519. The van der Waals surface area contributed by atoms with Crippen molar-refractivity contribution >= 4 is 52.3 Å². The molecule has 4 atom stereocenters. The van der Waals surface area contributed by atoms with Crippen molar-refractivity contribution in [1.29, 1.82) is 5.26 Å². The number of aliphatic hydroxyl groups is 1. The second kappa shape index (κ2) is 21.4. The number of carbonyl (C=O) groups is 4. The molecule has 14 nitrogen and oxygen atoms in total. The van der Waals surface area contributed by atoms with E-state index in [0.717, 1.165) is 59.7 Å². The summed E-state index contributed by atoms with van der Waals surface area (Å²) in [6.07, 6.45) is 1.73. The molecule has 0 radical (unpaired) electrons. The van der Waals surface area contributed by atoms with Gasteiger partial charge in [0.05, 0.1) is 38.8 Å². The molecule has 4 aromatic rings. The molecule has 4 amide bonds.